The van der Waals surface area contributed by atoms with Crippen LogP contribution < -0.4 is 0 Å². The lowest BCUT2D eigenvalue weighted by Crippen LogP contribution is -2.35. The van der Waals surface area contributed by atoms with Crippen molar-refractivity contribution >= 4 is 26.8 Å². The zero-order chi connectivity index (χ0) is 14.6. The molecule has 0 bridgehead atoms. The summed E-state index contributed by atoms with van der Waals surface area (Å²) >= 11 is 3.20. The van der Waals surface area contributed by atoms with E-state index in [0.29, 0.717) is 11.9 Å². The fourth-order valence-corrected chi connectivity index (χ4v) is 2.62. The first-order chi connectivity index (χ1) is 9.49. The summed E-state index contributed by atoms with van der Waals surface area (Å²) in [6, 6.07) is 9.26. The molecule has 6 heteroatoms. The molecule has 0 amide bonds. The molecule has 1 aromatic carbocycles. The number of halogens is 4. The maximum Gasteiger partial charge on any atom is 0.401 e. The topological polar surface area (TPSA) is 16.1 Å². The lowest BCUT2D eigenvalue weighted by molar-refractivity contribution is -0.146. The summed E-state index contributed by atoms with van der Waals surface area (Å²) in [5.74, 6) is 0. The van der Waals surface area contributed by atoms with Crippen molar-refractivity contribution in [3.05, 3.63) is 42.1 Å². The highest BCUT2D eigenvalue weighted by Crippen LogP contribution is 2.21. The molecule has 0 saturated heterocycles. The van der Waals surface area contributed by atoms with E-state index in [4.69, 9.17) is 0 Å². The Bertz CT molecular complexity index is 566. The molecule has 0 N–H and O–H groups in total. The van der Waals surface area contributed by atoms with Crippen LogP contribution in [0.15, 0.2) is 36.5 Å². The number of alkyl halides is 4. The van der Waals surface area contributed by atoms with Crippen LogP contribution in [0.4, 0.5) is 13.2 Å². The number of nitrogens with zero attached hydrogens (tertiary/aromatic N) is 2. The van der Waals surface area contributed by atoms with Gasteiger partial charge in [-0.3, -0.25) is 9.88 Å². The van der Waals surface area contributed by atoms with E-state index in [-0.39, 0.29) is 6.54 Å². The fraction of sp³-hybridized carbons (Fsp3) is 0.357. The van der Waals surface area contributed by atoms with Crippen LogP contribution in [0.5, 0.6) is 0 Å². The molecule has 1 aromatic heterocycles. The summed E-state index contributed by atoms with van der Waals surface area (Å²) < 4.78 is 37.7. The second-order valence-corrected chi connectivity index (χ2v) is 5.30. The SMILES string of the molecule is FC(F)(F)CN(CCBr)Cc1ccnc2ccccc12. The average Bonchev–Trinajstić information content (AvgIpc) is 2.37. The molecule has 0 atom stereocenters. The van der Waals surface area contributed by atoms with Crippen LogP contribution in [-0.4, -0.2) is 34.5 Å². The van der Waals surface area contributed by atoms with Crippen LogP contribution in [-0.2, 0) is 6.54 Å². The van der Waals surface area contributed by atoms with Gasteiger partial charge in [-0.15, -0.1) is 0 Å². The molecule has 0 saturated carbocycles. The Labute approximate surface area is 123 Å². The normalized spacial score (nSPS) is 12.2. The molecule has 2 aromatic rings. The summed E-state index contributed by atoms with van der Waals surface area (Å²) in [5, 5.41) is 1.41. The molecular weight excluding hydrogens is 333 g/mol. The van der Waals surface area contributed by atoms with Gasteiger partial charge in [0.1, 0.15) is 0 Å². The van der Waals surface area contributed by atoms with E-state index in [9.17, 15) is 13.2 Å². The first-order valence-electron chi connectivity index (χ1n) is 6.17. The molecule has 0 aliphatic rings. The average molecular weight is 347 g/mol. The number of hydrogen-bond donors (Lipinski definition) is 0. The van der Waals surface area contributed by atoms with Gasteiger partial charge >= 0.3 is 6.18 Å². The van der Waals surface area contributed by atoms with Crippen LogP contribution in [0.1, 0.15) is 5.56 Å². The highest BCUT2D eigenvalue weighted by Gasteiger charge is 2.30. The standard InChI is InChI=1S/C14H14BrF3N2/c15-6-8-20(10-14(16,17)18)9-11-5-7-19-13-4-2-1-3-12(11)13/h1-5,7H,6,8-10H2. The highest BCUT2D eigenvalue weighted by atomic mass is 79.9. The predicted molar refractivity (Wildman–Crippen MR) is 76.9 cm³/mol. The molecule has 0 radical (unpaired) electrons. The molecule has 0 aliphatic carbocycles. The van der Waals surface area contributed by atoms with Crippen LogP contribution >= 0.6 is 15.9 Å². The minimum atomic E-state index is -4.19. The third-order valence-electron chi connectivity index (χ3n) is 2.94. The Morgan fingerprint density at radius 1 is 1.15 bits per heavy atom. The summed E-state index contributed by atoms with van der Waals surface area (Å²) in [6.07, 6.45) is -2.55. The smallest absolute Gasteiger partial charge is 0.290 e. The molecule has 0 fully saturated rings. The highest BCUT2D eigenvalue weighted by molar-refractivity contribution is 9.09. The van der Waals surface area contributed by atoms with E-state index in [0.717, 1.165) is 16.5 Å². The van der Waals surface area contributed by atoms with Crippen molar-refractivity contribution in [1.29, 1.82) is 0 Å². The van der Waals surface area contributed by atoms with Crippen molar-refractivity contribution in [1.82, 2.24) is 9.88 Å². The third-order valence-corrected chi connectivity index (χ3v) is 3.29. The third kappa shape index (κ3) is 4.18. The summed E-state index contributed by atoms with van der Waals surface area (Å²) in [6.45, 7) is -0.306. The van der Waals surface area contributed by atoms with Crippen molar-refractivity contribution in [3.63, 3.8) is 0 Å². The Kier molecular flexibility index (Phi) is 4.99. The number of aromatic nitrogens is 1. The molecule has 2 nitrogen and oxygen atoms in total. The van der Waals surface area contributed by atoms with Gasteiger partial charge < -0.3 is 0 Å². The molecule has 108 valence electrons. The van der Waals surface area contributed by atoms with Crippen LogP contribution in [0.2, 0.25) is 0 Å². The van der Waals surface area contributed by atoms with Gasteiger partial charge in [-0.25, -0.2) is 0 Å². The molecule has 0 aliphatic heterocycles. The maximum absolute atomic E-state index is 12.6. The summed E-state index contributed by atoms with van der Waals surface area (Å²) in [7, 11) is 0. The van der Waals surface area contributed by atoms with E-state index in [1.807, 2.05) is 24.3 Å². The number of rotatable bonds is 5. The quantitative estimate of drug-likeness (QED) is 0.761. The second-order valence-electron chi connectivity index (χ2n) is 4.50. The first kappa shape index (κ1) is 15.3. The fourth-order valence-electron chi connectivity index (χ4n) is 2.12. The molecule has 1 heterocycles. The molecular formula is C14H14BrF3N2. The lowest BCUT2D eigenvalue weighted by Gasteiger charge is -2.23. The Morgan fingerprint density at radius 3 is 2.60 bits per heavy atom. The van der Waals surface area contributed by atoms with Crippen molar-refractivity contribution in [2.75, 3.05) is 18.4 Å². The summed E-state index contributed by atoms with van der Waals surface area (Å²) in [4.78, 5) is 5.61. The minimum absolute atomic E-state index is 0.258. The van der Waals surface area contributed by atoms with Gasteiger partial charge in [0.25, 0.3) is 0 Å². The van der Waals surface area contributed by atoms with Crippen molar-refractivity contribution < 1.29 is 13.2 Å². The lowest BCUT2D eigenvalue weighted by atomic mass is 10.1. The number of hydrogen-bond acceptors (Lipinski definition) is 2. The van der Waals surface area contributed by atoms with Crippen LogP contribution in [0.3, 0.4) is 0 Å². The Balaban J connectivity index is 2.24. The van der Waals surface area contributed by atoms with Gasteiger partial charge in [0.2, 0.25) is 0 Å². The molecule has 0 spiro atoms. The summed E-state index contributed by atoms with van der Waals surface area (Å²) in [5.41, 5.74) is 1.66. The largest absolute Gasteiger partial charge is 0.401 e. The van der Waals surface area contributed by atoms with Gasteiger partial charge in [-0.05, 0) is 17.7 Å². The van der Waals surface area contributed by atoms with Gasteiger partial charge in [0.15, 0.2) is 0 Å². The van der Waals surface area contributed by atoms with Gasteiger partial charge in [0.05, 0.1) is 12.1 Å². The van der Waals surface area contributed by atoms with E-state index >= 15 is 0 Å². The van der Waals surface area contributed by atoms with Gasteiger partial charge in [0, 0.05) is 30.0 Å². The minimum Gasteiger partial charge on any atom is -0.290 e. The zero-order valence-corrected chi connectivity index (χ0v) is 12.3. The number of fused-ring (bicyclic) bond motifs is 1. The van der Waals surface area contributed by atoms with E-state index in [1.54, 1.807) is 12.3 Å². The zero-order valence-electron chi connectivity index (χ0n) is 10.7. The molecule has 0 unspecified atom stereocenters. The molecule has 20 heavy (non-hydrogen) atoms. The van der Waals surface area contributed by atoms with Crippen LogP contribution in [0.25, 0.3) is 10.9 Å². The van der Waals surface area contributed by atoms with Gasteiger partial charge in [-0.1, -0.05) is 34.1 Å². The van der Waals surface area contributed by atoms with Crippen LogP contribution in [0, 0.1) is 0 Å². The first-order valence-corrected chi connectivity index (χ1v) is 7.29. The monoisotopic (exact) mass is 346 g/mol. The number of para-hydroxylation sites is 1. The van der Waals surface area contributed by atoms with Crippen molar-refractivity contribution in [2.24, 2.45) is 0 Å². The van der Waals surface area contributed by atoms with E-state index in [2.05, 4.69) is 20.9 Å². The van der Waals surface area contributed by atoms with Crippen molar-refractivity contribution in [2.45, 2.75) is 12.7 Å². The van der Waals surface area contributed by atoms with E-state index in [1.165, 1.54) is 4.90 Å². The number of benzene rings is 1. The second kappa shape index (κ2) is 6.54. The molecule has 2 rings (SSSR count). The Hall–Kier alpha value is -1.14. The van der Waals surface area contributed by atoms with E-state index < -0.39 is 12.7 Å². The van der Waals surface area contributed by atoms with Crippen molar-refractivity contribution in [3.8, 4) is 0 Å². The number of pyridine rings is 1. The Morgan fingerprint density at radius 2 is 1.90 bits per heavy atom. The van der Waals surface area contributed by atoms with Gasteiger partial charge in [-0.2, -0.15) is 13.2 Å². The predicted octanol–water partition coefficient (Wildman–Crippen LogP) is 3.99. The maximum atomic E-state index is 12.6.